The summed E-state index contributed by atoms with van der Waals surface area (Å²) in [6, 6.07) is 16.3. The molecule has 0 fully saturated rings. The van der Waals surface area contributed by atoms with Gasteiger partial charge in [-0.3, -0.25) is 14.5 Å². The lowest BCUT2D eigenvalue weighted by Crippen LogP contribution is -2.51. The van der Waals surface area contributed by atoms with Crippen molar-refractivity contribution in [2.75, 3.05) is 19.7 Å². The van der Waals surface area contributed by atoms with E-state index in [0.29, 0.717) is 45.1 Å². The smallest absolute Gasteiger partial charge is 0.330 e. The van der Waals surface area contributed by atoms with Gasteiger partial charge in [0.2, 0.25) is 0 Å². The second kappa shape index (κ2) is 14.6. The maximum absolute atomic E-state index is 13.2. The SMILES string of the molecule is CCOC(=O)[C@H](CCc1ccccc1)N(CC(=O)OC(=O)[C@@H](N)CCCCN)C1Cc2ccccc2C1. The van der Waals surface area contributed by atoms with Crippen LogP contribution in [-0.4, -0.2) is 60.6 Å². The topological polar surface area (TPSA) is 125 Å². The molecule has 8 nitrogen and oxygen atoms in total. The van der Waals surface area contributed by atoms with Crippen molar-refractivity contribution in [2.24, 2.45) is 11.5 Å². The third kappa shape index (κ3) is 8.49. The Balaban J connectivity index is 1.78. The van der Waals surface area contributed by atoms with Gasteiger partial charge >= 0.3 is 17.9 Å². The standard InChI is InChI=1S/C29H39N3O5/c1-2-36-29(35)26(16-15-21-10-4-3-5-11-21)32(24-18-22-12-6-7-13-23(22)19-24)20-27(33)37-28(34)25(31)14-8-9-17-30/h3-7,10-13,24-26H,2,8-9,14-20,30-31H2,1H3/t25-,26-/m0/s1. The zero-order valence-electron chi connectivity index (χ0n) is 21.6. The molecule has 0 aliphatic heterocycles. The Morgan fingerprint density at radius 2 is 1.59 bits per heavy atom. The highest BCUT2D eigenvalue weighted by Crippen LogP contribution is 2.28. The number of aryl methyl sites for hydroxylation is 1. The zero-order valence-corrected chi connectivity index (χ0v) is 21.6. The Morgan fingerprint density at radius 1 is 0.946 bits per heavy atom. The predicted octanol–water partition coefficient (Wildman–Crippen LogP) is 2.55. The van der Waals surface area contributed by atoms with Crippen molar-refractivity contribution in [1.29, 1.82) is 0 Å². The van der Waals surface area contributed by atoms with Gasteiger partial charge in [-0.2, -0.15) is 0 Å². The lowest BCUT2D eigenvalue weighted by atomic mass is 10.0. The average Bonchev–Trinajstić information content (AvgIpc) is 3.33. The molecule has 0 bridgehead atoms. The summed E-state index contributed by atoms with van der Waals surface area (Å²) < 4.78 is 10.6. The van der Waals surface area contributed by atoms with E-state index in [1.807, 2.05) is 47.4 Å². The van der Waals surface area contributed by atoms with Gasteiger partial charge in [-0.1, -0.05) is 61.0 Å². The molecule has 0 saturated carbocycles. The first-order chi connectivity index (χ1) is 17.9. The molecule has 1 aliphatic carbocycles. The summed E-state index contributed by atoms with van der Waals surface area (Å²) in [4.78, 5) is 40.4. The van der Waals surface area contributed by atoms with Crippen LogP contribution in [0.25, 0.3) is 0 Å². The van der Waals surface area contributed by atoms with E-state index in [1.54, 1.807) is 6.92 Å². The van der Waals surface area contributed by atoms with Gasteiger partial charge < -0.3 is 20.9 Å². The number of hydrogen-bond donors (Lipinski definition) is 2. The van der Waals surface area contributed by atoms with E-state index in [9.17, 15) is 14.4 Å². The fraction of sp³-hybridized carbons (Fsp3) is 0.483. The van der Waals surface area contributed by atoms with Crippen LogP contribution in [0.1, 0.15) is 49.3 Å². The minimum Gasteiger partial charge on any atom is -0.465 e. The number of rotatable bonds is 14. The first kappa shape index (κ1) is 28.5. The van der Waals surface area contributed by atoms with Crippen molar-refractivity contribution in [1.82, 2.24) is 4.90 Å². The monoisotopic (exact) mass is 509 g/mol. The van der Waals surface area contributed by atoms with Crippen molar-refractivity contribution < 1.29 is 23.9 Å². The Morgan fingerprint density at radius 3 is 2.22 bits per heavy atom. The number of nitrogens with two attached hydrogens (primary N) is 2. The van der Waals surface area contributed by atoms with Gasteiger partial charge in [-0.05, 0) is 68.7 Å². The number of ether oxygens (including phenoxy) is 2. The summed E-state index contributed by atoms with van der Waals surface area (Å²) in [5.41, 5.74) is 14.9. The molecule has 2 atom stereocenters. The summed E-state index contributed by atoms with van der Waals surface area (Å²) in [5.74, 6) is -1.86. The van der Waals surface area contributed by atoms with E-state index in [2.05, 4.69) is 12.1 Å². The van der Waals surface area contributed by atoms with E-state index in [-0.39, 0.29) is 25.2 Å². The largest absolute Gasteiger partial charge is 0.465 e. The maximum Gasteiger partial charge on any atom is 0.330 e. The summed E-state index contributed by atoms with van der Waals surface area (Å²) in [7, 11) is 0. The van der Waals surface area contributed by atoms with Crippen LogP contribution in [0.4, 0.5) is 0 Å². The molecule has 0 saturated heterocycles. The molecule has 2 aromatic carbocycles. The summed E-state index contributed by atoms with van der Waals surface area (Å²) >= 11 is 0. The molecule has 4 N–H and O–H groups in total. The van der Waals surface area contributed by atoms with Crippen LogP contribution < -0.4 is 11.5 Å². The highest BCUT2D eigenvalue weighted by molar-refractivity contribution is 5.89. The molecule has 0 radical (unpaired) electrons. The van der Waals surface area contributed by atoms with Crippen LogP contribution in [-0.2, 0) is 43.1 Å². The zero-order chi connectivity index (χ0) is 26.6. The molecule has 0 unspecified atom stereocenters. The number of unbranched alkanes of at least 4 members (excludes halogenated alkanes) is 1. The van der Waals surface area contributed by atoms with Crippen LogP contribution in [0, 0.1) is 0 Å². The maximum atomic E-state index is 13.2. The van der Waals surface area contributed by atoms with E-state index in [4.69, 9.17) is 20.9 Å². The van der Waals surface area contributed by atoms with Gasteiger partial charge in [-0.15, -0.1) is 0 Å². The molecule has 1 aliphatic rings. The lowest BCUT2D eigenvalue weighted by molar-refractivity contribution is -0.163. The Hall–Kier alpha value is -3.07. The van der Waals surface area contributed by atoms with Crippen LogP contribution in [0.2, 0.25) is 0 Å². The number of nitrogens with zero attached hydrogens (tertiary/aromatic N) is 1. The van der Waals surface area contributed by atoms with Gasteiger partial charge in [0.1, 0.15) is 12.1 Å². The van der Waals surface area contributed by atoms with E-state index < -0.39 is 24.0 Å². The first-order valence-corrected chi connectivity index (χ1v) is 13.2. The van der Waals surface area contributed by atoms with Crippen molar-refractivity contribution >= 4 is 17.9 Å². The highest BCUT2D eigenvalue weighted by atomic mass is 16.6. The molecule has 0 spiro atoms. The summed E-state index contributed by atoms with van der Waals surface area (Å²) in [5, 5.41) is 0. The molecule has 3 rings (SSSR count). The molecular formula is C29H39N3O5. The van der Waals surface area contributed by atoms with Crippen molar-refractivity contribution in [2.45, 2.75) is 70.0 Å². The van der Waals surface area contributed by atoms with Gasteiger partial charge in [-0.25, -0.2) is 4.79 Å². The highest BCUT2D eigenvalue weighted by Gasteiger charge is 2.37. The number of benzene rings is 2. The number of fused-ring (bicyclic) bond motifs is 1. The quantitative estimate of drug-likeness (QED) is 0.226. The lowest BCUT2D eigenvalue weighted by Gasteiger charge is -2.34. The molecule has 0 aromatic heterocycles. The summed E-state index contributed by atoms with van der Waals surface area (Å²) in [6.45, 7) is 2.30. The molecule has 0 amide bonds. The first-order valence-electron chi connectivity index (χ1n) is 13.2. The van der Waals surface area contributed by atoms with Crippen LogP contribution in [0.15, 0.2) is 54.6 Å². The molecule has 2 aromatic rings. The number of carbonyl (C=O) groups is 3. The fourth-order valence-corrected chi connectivity index (χ4v) is 4.87. The second-order valence-corrected chi connectivity index (χ2v) is 9.48. The number of esters is 3. The van der Waals surface area contributed by atoms with E-state index >= 15 is 0 Å². The van der Waals surface area contributed by atoms with E-state index in [0.717, 1.165) is 12.0 Å². The van der Waals surface area contributed by atoms with Gasteiger partial charge in [0.25, 0.3) is 0 Å². The predicted molar refractivity (Wildman–Crippen MR) is 142 cm³/mol. The van der Waals surface area contributed by atoms with Gasteiger partial charge in [0.05, 0.1) is 13.2 Å². The summed E-state index contributed by atoms with van der Waals surface area (Å²) in [6.07, 6.45) is 4.31. The van der Waals surface area contributed by atoms with E-state index in [1.165, 1.54) is 11.1 Å². The van der Waals surface area contributed by atoms with Gasteiger partial charge in [0.15, 0.2) is 0 Å². The van der Waals surface area contributed by atoms with Crippen LogP contribution >= 0.6 is 0 Å². The Labute approximate surface area is 219 Å². The number of carbonyl (C=O) groups excluding carboxylic acids is 3. The third-order valence-corrected chi connectivity index (χ3v) is 6.80. The minimum absolute atomic E-state index is 0.108. The second-order valence-electron chi connectivity index (χ2n) is 9.48. The minimum atomic E-state index is -0.890. The molecule has 200 valence electrons. The van der Waals surface area contributed by atoms with Crippen molar-refractivity contribution in [3.63, 3.8) is 0 Å². The third-order valence-electron chi connectivity index (χ3n) is 6.80. The normalized spacial score (nSPS) is 14.7. The Kier molecular flexibility index (Phi) is 11.3. The fourth-order valence-electron chi connectivity index (χ4n) is 4.87. The average molecular weight is 510 g/mol. The van der Waals surface area contributed by atoms with Crippen LogP contribution in [0.5, 0.6) is 0 Å². The van der Waals surface area contributed by atoms with Crippen molar-refractivity contribution in [3.8, 4) is 0 Å². The Bertz CT molecular complexity index is 1000. The van der Waals surface area contributed by atoms with Crippen LogP contribution in [0.3, 0.4) is 0 Å². The van der Waals surface area contributed by atoms with Gasteiger partial charge in [0, 0.05) is 6.04 Å². The molecule has 8 heteroatoms. The molecule has 0 heterocycles. The molecule has 37 heavy (non-hydrogen) atoms. The molecular weight excluding hydrogens is 470 g/mol. The van der Waals surface area contributed by atoms with Crippen molar-refractivity contribution in [3.05, 3.63) is 71.3 Å². The number of hydrogen-bond acceptors (Lipinski definition) is 8.